The maximum atomic E-state index is 13.1. The van der Waals surface area contributed by atoms with Gasteiger partial charge in [-0.05, 0) is 36.4 Å². The molecule has 0 radical (unpaired) electrons. The van der Waals surface area contributed by atoms with Gasteiger partial charge < -0.3 is 15.8 Å². The predicted octanol–water partition coefficient (Wildman–Crippen LogP) is 6.58. The van der Waals surface area contributed by atoms with E-state index in [1.165, 1.54) is 12.4 Å². The summed E-state index contributed by atoms with van der Waals surface area (Å²) in [6.45, 7) is 0. The number of ether oxygens (including phenoxy) is 1. The Morgan fingerprint density at radius 1 is 1.06 bits per heavy atom. The van der Waals surface area contributed by atoms with Crippen LogP contribution in [0.5, 0.6) is 11.6 Å². The molecule has 3 N–H and O–H groups in total. The lowest BCUT2D eigenvalue weighted by Crippen LogP contribution is -2.07. The molecule has 0 aliphatic rings. The third kappa shape index (κ3) is 4.35. The second-order valence-electron chi connectivity index (χ2n) is 6.31. The highest BCUT2D eigenvalue weighted by Gasteiger charge is 2.33. The number of pyridine rings is 1. The zero-order valence-electron chi connectivity index (χ0n) is 15.4. The molecule has 0 amide bonds. The number of hydrogen-bond acceptors (Lipinski definition) is 6. The van der Waals surface area contributed by atoms with Gasteiger partial charge in [0, 0.05) is 21.7 Å². The molecule has 4 rings (SSSR count). The summed E-state index contributed by atoms with van der Waals surface area (Å²) < 4.78 is 46.0. The first-order valence-corrected chi connectivity index (χ1v) is 9.86. The summed E-state index contributed by atoms with van der Waals surface area (Å²) in [5.41, 5.74) is 5.83. The smallest absolute Gasteiger partial charge is 0.417 e. The van der Waals surface area contributed by atoms with E-state index in [9.17, 15) is 13.2 Å². The molecule has 11 heteroatoms. The van der Waals surface area contributed by atoms with Gasteiger partial charge >= 0.3 is 6.18 Å². The summed E-state index contributed by atoms with van der Waals surface area (Å²) in [5, 5.41) is 3.16. The standard InChI is InChI=1S/C20H12BrClF3N5O/c21-13-4-6-15(17-11(13)2-1-7-27-17)31-19-16(26)18(28-9-29-19)30-10-3-5-14(22)12(8-10)20(23,24)25/h1-9H,26H2,(H,28,29,30). The highest BCUT2D eigenvalue weighted by molar-refractivity contribution is 9.10. The second-order valence-corrected chi connectivity index (χ2v) is 7.57. The molecule has 158 valence electrons. The third-order valence-corrected chi connectivity index (χ3v) is 5.29. The number of benzene rings is 2. The zero-order valence-corrected chi connectivity index (χ0v) is 17.8. The van der Waals surface area contributed by atoms with Gasteiger partial charge in [0.05, 0.1) is 10.6 Å². The van der Waals surface area contributed by atoms with Crippen molar-refractivity contribution in [2.24, 2.45) is 0 Å². The van der Waals surface area contributed by atoms with Crippen LogP contribution in [-0.4, -0.2) is 15.0 Å². The van der Waals surface area contributed by atoms with Crippen LogP contribution in [0.25, 0.3) is 10.9 Å². The molecule has 0 aliphatic carbocycles. The Labute approximate surface area is 187 Å². The molecule has 2 heterocycles. The summed E-state index contributed by atoms with van der Waals surface area (Å²) >= 11 is 9.12. The molecular weight excluding hydrogens is 499 g/mol. The van der Waals surface area contributed by atoms with Gasteiger partial charge in [-0.1, -0.05) is 33.6 Å². The number of halogens is 5. The van der Waals surface area contributed by atoms with E-state index >= 15 is 0 Å². The summed E-state index contributed by atoms with van der Waals surface area (Å²) in [5.74, 6) is 0.507. The number of nitrogens with two attached hydrogens (primary N) is 1. The Bertz CT molecular complexity index is 1290. The lowest BCUT2D eigenvalue weighted by Gasteiger charge is -2.14. The average molecular weight is 511 g/mol. The first kappa shape index (κ1) is 21.1. The highest BCUT2D eigenvalue weighted by Crippen LogP contribution is 2.38. The Morgan fingerprint density at radius 3 is 2.65 bits per heavy atom. The van der Waals surface area contributed by atoms with Crippen LogP contribution < -0.4 is 15.8 Å². The Hall–Kier alpha value is -3.11. The molecule has 0 bridgehead atoms. The van der Waals surface area contributed by atoms with Crippen LogP contribution in [-0.2, 0) is 6.18 Å². The molecule has 0 atom stereocenters. The van der Waals surface area contributed by atoms with Crippen molar-refractivity contribution >= 4 is 55.6 Å². The Kier molecular flexibility index (Phi) is 5.59. The normalized spacial score (nSPS) is 11.5. The number of aromatic nitrogens is 3. The molecule has 0 saturated heterocycles. The van der Waals surface area contributed by atoms with Gasteiger partial charge in [-0.3, -0.25) is 4.98 Å². The molecule has 0 spiro atoms. The molecule has 4 aromatic rings. The van der Waals surface area contributed by atoms with E-state index in [4.69, 9.17) is 22.1 Å². The fourth-order valence-corrected chi connectivity index (χ4v) is 3.49. The number of nitrogens with zero attached hydrogens (tertiary/aromatic N) is 3. The minimum atomic E-state index is -4.60. The molecule has 2 aromatic carbocycles. The van der Waals surface area contributed by atoms with Crippen LogP contribution in [0.4, 0.5) is 30.4 Å². The van der Waals surface area contributed by atoms with E-state index in [2.05, 4.69) is 36.2 Å². The Balaban J connectivity index is 1.67. The number of nitrogen functional groups attached to an aromatic ring is 1. The zero-order chi connectivity index (χ0) is 22.2. The number of anilines is 3. The van der Waals surface area contributed by atoms with Gasteiger partial charge in [-0.25, -0.2) is 4.98 Å². The van der Waals surface area contributed by atoms with E-state index in [1.807, 2.05) is 6.07 Å². The number of hydrogen-bond donors (Lipinski definition) is 2. The van der Waals surface area contributed by atoms with Gasteiger partial charge in [0.1, 0.15) is 17.5 Å². The van der Waals surface area contributed by atoms with E-state index in [-0.39, 0.29) is 23.1 Å². The predicted molar refractivity (Wildman–Crippen MR) is 116 cm³/mol. The van der Waals surface area contributed by atoms with Gasteiger partial charge in [0.15, 0.2) is 11.6 Å². The number of alkyl halides is 3. The number of fused-ring (bicyclic) bond motifs is 1. The lowest BCUT2D eigenvalue weighted by atomic mass is 10.2. The summed E-state index contributed by atoms with van der Waals surface area (Å²) in [7, 11) is 0. The van der Waals surface area contributed by atoms with Crippen LogP contribution in [0.3, 0.4) is 0 Å². The molecule has 0 aliphatic heterocycles. The van der Waals surface area contributed by atoms with E-state index in [0.717, 1.165) is 22.0 Å². The number of rotatable bonds is 4. The van der Waals surface area contributed by atoms with Crippen LogP contribution in [0.2, 0.25) is 5.02 Å². The van der Waals surface area contributed by atoms with Gasteiger partial charge in [0.2, 0.25) is 5.88 Å². The monoisotopic (exact) mass is 509 g/mol. The highest BCUT2D eigenvalue weighted by atomic mass is 79.9. The van der Waals surface area contributed by atoms with Crippen molar-refractivity contribution in [1.82, 2.24) is 15.0 Å². The van der Waals surface area contributed by atoms with Gasteiger partial charge in [-0.15, -0.1) is 0 Å². The molecule has 2 aromatic heterocycles. The average Bonchev–Trinajstić information content (AvgIpc) is 2.73. The van der Waals surface area contributed by atoms with Crippen LogP contribution >= 0.6 is 27.5 Å². The Morgan fingerprint density at radius 2 is 1.87 bits per heavy atom. The maximum absolute atomic E-state index is 13.1. The lowest BCUT2D eigenvalue weighted by molar-refractivity contribution is -0.137. The minimum absolute atomic E-state index is 0.0120. The molecule has 0 fully saturated rings. The van der Waals surface area contributed by atoms with Gasteiger partial charge in [0.25, 0.3) is 0 Å². The summed E-state index contributed by atoms with van der Waals surface area (Å²) in [6.07, 6.45) is -1.80. The molecule has 31 heavy (non-hydrogen) atoms. The third-order valence-electron chi connectivity index (χ3n) is 4.27. The molecule has 0 unspecified atom stereocenters. The van der Waals surface area contributed by atoms with Crippen molar-refractivity contribution in [3.63, 3.8) is 0 Å². The van der Waals surface area contributed by atoms with E-state index in [0.29, 0.717) is 11.3 Å². The summed E-state index contributed by atoms with van der Waals surface area (Å²) in [6, 6.07) is 10.5. The SMILES string of the molecule is Nc1c(Nc2ccc(Cl)c(C(F)(F)F)c2)ncnc1Oc1ccc(Br)c2cccnc12. The molecule has 0 saturated carbocycles. The minimum Gasteiger partial charge on any atom is -0.435 e. The summed E-state index contributed by atoms with van der Waals surface area (Å²) in [4.78, 5) is 12.4. The van der Waals surface area contributed by atoms with Crippen molar-refractivity contribution < 1.29 is 17.9 Å². The first-order valence-electron chi connectivity index (χ1n) is 8.69. The van der Waals surface area contributed by atoms with Crippen molar-refractivity contribution in [3.8, 4) is 11.6 Å². The topological polar surface area (TPSA) is 86.0 Å². The van der Waals surface area contributed by atoms with Crippen LogP contribution in [0.15, 0.2) is 59.5 Å². The second kappa shape index (κ2) is 8.20. The van der Waals surface area contributed by atoms with Crippen molar-refractivity contribution in [1.29, 1.82) is 0 Å². The quantitative estimate of drug-likeness (QED) is 0.323. The fraction of sp³-hybridized carbons (Fsp3) is 0.0500. The van der Waals surface area contributed by atoms with Crippen LogP contribution in [0.1, 0.15) is 5.56 Å². The number of nitrogens with one attached hydrogen (secondary N) is 1. The van der Waals surface area contributed by atoms with E-state index in [1.54, 1.807) is 24.4 Å². The largest absolute Gasteiger partial charge is 0.435 e. The molecular formula is C20H12BrClF3N5O. The van der Waals surface area contributed by atoms with Crippen molar-refractivity contribution in [2.45, 2.75) is 6.18 Å². The maximum Gasteiger partial charge on any atom is 0.417 e. The van der Waals surface area contributed by atoms with Gasteiger partial charge in [-0.2, -0.15) is 18.2 Å². The first-order chi connectivity index (χ1) is 14.7. The molecule has 6 nitrogen and oxygen atoms in total. The van der Waals surface area contributed by atoms with Crippen molar-refractivity contribution in [2.75, 3.05) is 11.1 Å². The van der Waals surface area contributed by atoms with E-state index < -0.39 is 16.8 Å². The van der Waals surface area contributed by atoms with Crippen molar-refractivity contribution in [3.05, 3.63) is 70.0 Å². The fourth-order valence-electron chi connectivity index (χ4n) is 2.82. The van der Waals surface area contributed by atoms with Crippen LogP contribution in [0, 0.1) is 0 Å².